The molecule has 0 bridgehead atoms. The Morgan fingerprint density at radius 2 is 2.00 bits per heavy atom. The SMILES string of the molecule is CCCC(O[C]=O)C1CCC(C)CC1. The fourth-order valence-corrected chi connectivity index (χ4v) is 2.39. The Kier molecular flexibility index (Phi) is 4.99. The van der Waals surface area contributed by atoms with Gasteiger partial charge in [0.2, 0.25) is 0 Å². The number of carbonyl (C=O) groups excluding carboxylic acids is 1. The van der Waals surface area contributed by atoms with E-state index in [0.29, 0.717) is 5.92 Å². The first kappa shape index (κ1) is 11.5. The Morgan fingerprint density at radius 3 is 2.50 bits per heavy atom. The lowest BCUT2D eigenvalue weighted by atomic mass is 9.79. The maximum Gasteiger partial charge on any atom is 0.417 e. The van der Waals surface area contributed by atoms with Gasteiger partial charge >= 0.3 is 6.47 Å². The van der Waals surface area contributed by atoms with Gasteiger partial charge < -0.3 is 4.74 Å². The van der Waals surface area contributed by atoms with Crippen LogP contribution in [0.2, 0.25) is 0 Å². The van der Waals surface area contributed by atoms with Crippen LogP contribution >= 0.6 is 0 Å². The Balaban J connectivity index is 2.38. The average molecular weight is 197 g/mol. The Hall–Kier alpha value is -0.530. The average Bonchev–Trinajstić information content (AvgIpc) is 2.19. The first-order valence-electron chi connectivity index (χ1n) is 5.80. The summed E-state index contributed by atoms with van der Waals surface area (Å²) in [5.74, 6) is 1.45. The topological polar surface area (TPSA) is 26.3 Å². The second kappa shape index (κ2) is 6.05. The second-order valence-corrected chi connectivity index (χ2v) is 4.55. The van der Waals surface area contributed by atoms with Gasteiger partial charge in [0.15, 0.2) is 0 Å². The molecule has 0 aliphatic heterocycles. The Labute approximate surface area is 87.0 Å². The summed E-state index contributed by atoms with van der Waals surface area (Å²) >= 11 is 0. The summed E-state index contributed by atoms with van der Waals surface area (Å²) in [5.41, 5.74) is 0. The van der Waals surface area contributed by atoms with Crippen LogP contribution in [0.4, 0.5) is 0 Å². The van der Waals surface area contributed by atoms with Gasteiger partial charge in [0.25, 0.3) is 0 Å². The summed E-state index contributed by atoms with van der Waals surface area (Å²) in [6.07, 6.45) is 7.21. The van der Waals surface area contributed by atoms with Crippen LogP contribution in [0.5, 0.6) is 0 Å². The molecule has 0 spiro atoms. The van der Waals surface area contributed by atoms with Gasteiger partial charge in [-0.05, 0) is 31.1 Å². The van der Waals surface area contributed by atoms with Crippen molar-refractivity contribution in [1.82, 2.24) is 0 Å². The van der Waals surface area contributed by atoms with Crippen LogP contribution < -0.4 is 0 Å². The van der Waals surface area contributed by atoms with Crippen molar-refractivity contribution in [1.29, 1.82) is 0 Å². The summed E-state index contributed by atoms with van der Waals surface area (Å²) in [7, 11) is 0. The molecule has 2 nitrogen and oxygen atoms in total. The van der Waals surface area contributed by atoms with Gasteiger partial charge in [-0.25, -0.2) is 4.79 Å². The van der Waals surface area contributed by atoms with E-state index in [1.807, 2.05) is 0 Å². The lowest BCUT2D eigenvalue weighted by molar-refractivity contribution is 0.0752. The van der Waals surface area contributed by atoms with Crippen LogP contribution in [-0.2, 0) is 9.53 Å². The maximum absolute atomic E-state index is 10.2. The molecule has 1 atom stereocenters. The first-order valence-corrected chi connectivity index (χ1v) is 5.80. The molecule has 1 fully saturated rings. The fourth-order valence-electron chi connectivity index (χ4n) is 2.39. The van der Waals surface area contributed by atoms with Crippen LogP contribution in [0.1, 0.15) is 52.4 Å². The van der Waals surface area contributed by atoms with Gasteiger partial charge in [-0.15, -0.1) is 0 Å². The highest BCUT2D eigenvalue weighted by Crippen LogP contribution is 2.32. The third-order valence-electron chi connectivity index (χ3n) is 3.36. The van der Waals surface area contributed by atoms with Crippen molar-refractivity contribution < 1.29 is 9.53 Å². The van der Waals surface area contributed by atoms with Crippen LogP contribution in [0.25, 0.3) is 0 Å². The lowest BCUT2D eigenvalue weighted by Gasteiger charge is -2.31. The minimum absolute atomic E-state index is 0.130. The minimum atomic E-state index is 0.130. The van der Waals surface area contributed by atoms with Crippen molar-refractivity contribution in [3.05, 3.63) is 0 Å². The zero-order chi connectivity index (χ0) is 10.4. The van der Waals surface area contributed by atoms with Gasteiger partial charge in [0.05, 0.1) is 0 Å². The van der Waals surface area contributed by atoms with Gasteiger partial charge in [-0.3, -0.25) is 0 Å². The molecular formula is C12H21O2. The molecule has 0 saturated heterocycles. The summed E-state index contributed by atoms with van der Waals surface area (Å²) in [6.45, 7) is 6.05. The number of ether oxygens (including phenoxy) is 1. The fraction of sp³-hybridized carbons (Fsp3) is 0.917. The lowest BCUT2D eigenvalue weighted by Crippen LogP contribution is -2.27. The van der Waals surface area contributed by atoms with Gasteiger partial charge in [0.1, 0.15) is 6.10 Å². The molecule has 0 aromatic carbocycles. The van der Waals surface area contributed by atoms with Crippen molar-refractivity contribution in [2.45, 2.75) is 58.5 Å². The van der Waals surface area contributed by atoms with E-state index >= 15 is 0 Å². The van der Waals surface area contributed by atoms with E-state index in [4.69, 9.17) is 4.74 Å². The molecule has 0 aromatic heterocycles. The van der Waals surface area contributed by atoms with Gasteiger partial charge in [-0.2, -0.15) is 0 Å². The van der Waals surface area contributed by atoms with Gasteiger partial charge in [-0.1, -0.05) is 33.1 Å². The molecule has 1 unspecified atom stereocenters. The normalized spacial score (nSPS) is 29.6. The number of rotatable bonds is 5. The molecule has 1 saturated carbocycles. The van der Waals surface area contributed by atoms with Crippen molar-refractivity contribution in [3.63, 3.8) is 0 Å². The highest BCUT2D eigenvalue weighted by molar-refractivity contribution is 5.38. The van der Waals surface area contributed by atoms with Crippen molar-refractivity contribution in [2.75, 3.05) is 0 Å². The van der Waals surface area contributed by atoms with E-state index in [1.54, 1.807) is 6.47 Å². The molecule has 1 aliphatic carbocycles. The molecule has 14 heavy (non-hydrogen) atoms. The number of hydrogen-bond donors (Lipinski definition) is 0. The zero-order valence-corrected chi connectivity index (χ0v) is 9.29. The molecule has 81 valence electrons. The molecule has 0 N–H and O–H groups in total. The third-order valence-corrected chi connectivity index (χ3v) is 3.36. The molecule has 1 radical (unpaired) electrons. The quantitative estimate of drug-likeness (QED) is 0.677. The molecule has 0 amide bonds. The monoisotopic (exact) mass is 197 g/mol. The first-order chi connectivity index (χ1) is 6.77. The van der Waals surface area contributed by atoms with Crippen molar-refractivity contribution in [3.8, 4) is 0 Å². The molecule has 0 heterocycles. The van der Waals surface area contributed by atoms with E-state index in [0.717, 1.165) is 18.8 Å². The van der Waals surface area contributed by atoms with Crippen molar-refractivity contribution >= 4 is 6.47 Å². The highest BCUT2D eigenvalue weighted by Gasteiger charge is 2.26. The van der Waals surface area contributed by atoms with Gasteiger partial charge in [0, 0.05) is 0 Å². The van der Waals surface area contributed by atoms with Crippen molar-refractivity contribution in [2.24, 2.45) is 11.8 Å². The maximum atomic E-state index is 10.2. The van der Waals surface area contributed by atoms with E-state index in [9.17, 15) is 4.79 Å². The van der Waals surface area contributed by atoms with Crippen LogP contribution in [0, 0.1) is 11.8 Å². The van der Waals surface area contributed by atoms with E-state index in [2.05, 4.69) is 13.8 Å². The summed E-state index contributed by atoms with van der Waals surface area (Å²) in [6, 6.07) is 0. The predicted molar refractivity (Wildman–Crippen MR) is 56.6 cm³/mol. The Morgan fingerprint density at radius 1 is 1.36 bits per heavy atom. The van der Waals surface area contributed by atoms with Crippen LogP contribution in [-0.4, -0.2) is 12.6 Å². The third kappa shape index (κ3) is 3.32. The summed E-state index contributed by atoms with van der Waals surface area (Å²) in [5, 5.41) is 0. The summed E-state index contributed by atoms with van der Waals surface area (Å²) in [4.78, 5) is 10.2. The van der Waals surface area contributed by atoms with E-state index < -0.39 is 0 Å². The van der Waals surface area contributed by atoms with Crippen LogP contribution in [0.15, 0.2) is 0 Å². The smallest absolute Gasteiger partial charge is 0.417 e. The molecule has 1 aliphatic rings. The molecule has 2 heteroatoms. The second-order valence-electron chi connectivity index (χ2n) is 4.55. The molecule has 0 aromatic rings. The van der Waals surface area contributed by atoms with Crippen LogP contribution in [0.3, 0.4) is 0 Å². The molecule has 1 rings (SSSR count). The molecular weight excluding hydrogens is 176 g/mol. The summed E-state index contributed by atoms with van der Waals surface area (Å²) < 4.78 is 5.05. The Bertz CT molecular complexity index is 160. The highest BCUT2D eigenvalue weighted by atomic mass is 16.5. The minimum Gasteiger partial charge on any atom is -0.454 e. The van der Waals surface area contributed by atoms with E-state index in [-0.39, 0.29) is 6.10 Å². The zero-order valence-electron chi connectivity index (χ0n) is 9.29. The standard InChI is InChI=1S/C12H21O2/c1-3-4-12(14-9-13)11-7-5-10(2)6-8-11/h10-12H,3-8H2,1-2H3. The number of hydrogen-bond acceptors (Lipinski definition) is 2. The van der Waals surface area contributed by atoms with E-state index in [1.165, 1.54) is 25.7 Å². The largest absolute Gasteiger partial charge is 0.454 e. The predicted octanol–water partition coefficient (Wildman–Crippen LogP) is 3.07.